The van der Waals surface area contributed by atoms with Gasteiger partial charge in [-0.05, 0) is 41.8 Å². The molecule has 0 aliphatic heterocycles. The number of hydrogen-bond acceptors (Lipinski definition) is 5. The standard InChI is InChI=1S/C24H28ClN3O4/c1-15(2)20-12-21(27(3)26-20)24(30)28(13-16-6-9-22(29)19(25)10-16)14-17-7-8-18(31-4)11-23(17)32-5/h6-12,15,29H,13-14H2,1-5H3. The summed E-state index contributed by atoms with van der Waals surface area (Å²) < 4.78 is 12.4. The number of ether oxygens (including phenoxy) is 2. The van der Waals surface area contributed by atoms with Crippen LogP contribution in [0.1, 0.15) is 47.1 Å². The van der Waals surface area contributed by atoms with Crippen LogP contribution in [0.5, 0.6) is 17.2 Å². The SMILES string of the molecule is COc1ccc(CN(Cc2ccc(O)c(Cl)c2)C(=O)c2cc(C(C)C)nn2C)c(OC)c1. The molecule has 0 fully saturated rings. The Labute approximate surface area is 193 Å². The molecule has 0 unspecified atom stereocenters. The van der Waals surface area contributed by atoms with E-state index in [1.165, 1.54) is 6.07 Å². The maximum atomic E-state index is 13.6. The van der Waals surface area contributed by atoms with E-state index in [1.807, 2.05) is 32.0 Å². The van der Waals surface area contributed by atoms with Crippen LogP contribution in [0.15, 0.2) is 42.5 Å². The molecule has 0 aliphatic rings. The predicted molar refractivity (Wildman–Crippen MR) is 124 cm³/mol. The first kappa shape index (κ1) is 23.5. The van der Waals surface area contributed by atoms with Crippen LogP contribution in [0.25, 0.3) is 0 Å². The third-order valence-electron chi connectivity index (χ3n) is 5.24. The molecule has 0 aliphatic carbocycles. The summed E-state index contributed by atoms with van der Waals surface area (Å²) in [5, 5.41) is 14.5. The van der Waals surface area contributed by atoms with Crippen molar-refractivity contribution in [3.05, 3.63) is 70.0 Å². The van der Waals surface area contributed by atoms with Gasteiger partial charge in [0.25, 0.3) is 5.91 Å². The zero-order valence-corrected chi connectivity index (χ0v) is 19.7. The highest BCUT2D eigenvalue weighted by atomic mass is 35.5. The number of halogens is 1. The third-order valence-corrected chi connectivity index (χ3v) is 5.54. The number of carbonyl (C=O) groups is 1. The Bertz CT molecular complexity index is 1110. The van der Waals surface area contributed by atoms with E-state index in [-0.39, 0.29) is 29.1 Å². The van der Waals surface area contributed by atoms with E-state index in [9.17, 15) is 9.90 Å². The van der Waals surface area contributed by atoms with E-state index < -0.39 is 0 Å². The van der Waals surface area contributed by atoms with Crippen molar-refractivity contribution in [1.82, 2.24) is 14.7 Å². The molecule has 0 saturated carbocycles. The fourth-order valence-corrected chi connectivity index (χ4v) is 3.59. The molecule has 1 N–H and O–H groups in total. The van der Waals surface area contributed by atoms with Gasteiger partial charge in [-0.2, -0.15) is 5.10 Å². The Hall–Kier alpha value is -3.19. The van der Waals surface area contributed by atoms with Crippen LogP contribution in [0.4, 0.5) is 0 Å². The van der Waals surface area contributed by atoms with Gasteiger partial charge in [-0.1, -0.05) is 31.5 Å². The molecule has 2 aromatic carbocycles. The molecule has 0 saturated heterocycles. The molecule has 0 atom stereocenters. The van der Waals surface area contributed by atoms with Gasteiger partial charge in [0.1, 0.15) is 22.9 Å². The lowest BCUT2D eigenvalue weighted by atomic mass is 10.1. The lowest BCUT2D eigenvalue weighted by molar-refractivity contribution is 0.0717. The second-order valence-electron chi connectivity index (χ2n) is 7.86. The molecule has 8 heteroatoms. The predicted octanol–water partition coefficient (Wildman–Crippen LogP) is 4.76. The summed E-state index contributed by atoms with van der Waals surface area (Å²) in [7, 11) is 4.94. The quantitative estimate of drug-likeness (QED) is 0.527. The lowest BCUT2D eigenvalue weighted by Crippen LogP contribution is -2.31. The highest BCUT2D eigenvalue weighted by Crippen LogP contribution is 2.29. The van der Waals surface area contributed by atoms with Gasteiger partial charge < -0.3 is 19.5 Å². The summed E-state index contributed by atoms with van der Waals surface area (Å²) in [4.78, 5) is 15.3. The number of amides is 1. The van der Waals surface area contributed by atoms with E-state index in [0.717, 1.165) is 16.8 Å². The molecule has 0 radical (unpaired) electrons. The average Bonchev–Trinajstić information content (AvgIpc) is 3.17. The molecule has 170 valence electrons. The minimum atomic E-state index is -0.172. The number of rotatable bonds is 8. The van der Waals surface area contributed by atoms with E-state index in [4.69, 9.17) is 21.1 Å². The Morgan fingerprint density at radius 2 is 1.88 bits per heavy atom. The molecular formula is C24H28ClN3O4. The number of methoxy groups -OCH3 is 2. The smallest absolute Gasteiger partial charge is 0.272 e. The van der Waals surface area contributed by atoms with Gasteiger partial charge in [0.05, 0.1) is 31.5 Å². The van der Waals surface area contributed by atoms with Gasteiger partial charge in [-0.15, -0.1) is 0 Å². The minimum absolute atomic E-state index is 0.00155. The summed E-state index contributed by atoms with van der Waals surface area (Å²) in [6.45, 7) is 4.66. The fraction of sp³-hybridized carbons (Fsp3) is 0.333. The second kappa shape index (κ2) is 9.96. The fourth-order valence-electron chi connectivity index (χ4n) is 3.39. The van der Waals surface area contributed by atoms with Crippen molar-refractivity contribution in [1.29, 1.82) is 0 Å². The Morgan fingerprint density at radius 3 is 2.47 bits per heavy atom. The second-order valence-corrected chi connectivity index (χ2v) is 8.26. The molecule has 1 aromatic heterocycles. The molecule has 0 bridgehead atoms. The largest absolute Gasteiger partial charge is 0.506 e. The van der Waals surface area contributed by atoms with Crippen LogP contribution in [0.2, 0.25) is 5.02 Å². The highest BCUT2D eigenvalue weighted by molar-refractivity contribution is 6.32. The van der Waals surface area contributed by atoms with Crippen molar-refractivity contribution in [2.75, 3.05) is 14.2 Å². The summed E-state index contributed by atoms with van der Waals surface area (Å²) >= 11 is 6.10. The lowest BCUT2D eigenvalue weighted by Gasteiger charge is -2.24. The summed E-state index contributed by atoms with van der Waals surface area (Å²) in [5.41, 5.74) is 2.97. The maximum Gasteiger partial charge on any atom is 0.272 e. The van der Waals surface area contributed by atoms with Crippen LogP contribution >= 0.6 is 11.6 Å². The van der Waals surface area contributed by atoms with Crippen molar-refractivity contribution in [2.24, 2.45) is 7.05 Å². The van der Waals surface area contributed by atoms with E-state index >= 15 is 0 Å². The number of phenolic OH excluding ortho intramolecular Hbond substituents is 1. The Kier molecular flexibility index (Phi) is 7.30. The summed E-state index contributed by atoms with van der Waals surface area (Å²) in [6.07, 6.45) is 0. The number of hydrogen-bond donors (Lipinski definition) is 1. The third kappa shape index (κ3) is 5.16. The van der Waals surface area contributed by atoms with E-state index in [2.05, 4.69) is 5.10 Å². The van der Waals surface area contributed by atoms with Crippen molar-refractivity contribution in [3.8, 4) is 17.2 Å². The molecule has 0 spiro atoms. The van der Waals surface area contributed by atoms with Gasteiger partial charge in [-0.3, -0.25) is 9.48 Å². The highest BCUT2D eigenvalue weighted by Gasteiger charge is 2.23. The number of nitrogens with zero attached hydrogens (tertiary/aromatic N) is 3. The number of benzene rings is 2. The van der Waals surface area contributed by atoms with E-state index in [1.54, 1.807) is 49.0 Å². The number of phenols is 1. The molecule has 3 rings (SSSR count). The summed E-state index contributed by atoms with van der Waals surface area (Å²) in [6, 6.07) is 12.3. The van der Waals surface area contributed by atoms with Crippen LogP contribution in [-0.4, -0.2) is 39.9 Å². The average molecular weight is 458 g/mol. The molecule has 1 amide bonds. The van der Waals surface area contributed by atoms with Crippen LogP contribution in [0.3, 0.4) is 0 Å². The first-order chi connectivity index (χ1) is 15.2. The van der Waals surface area contributed by atoms with Crippen molar-refractivity contribution in [2.45, 2.75) is 32.9 Å². The Balaban J connectivity index is 1.99. The molecule has 7 nitrogen and oxygen atoms in total. The summed E-state index contributed by atoms with van der Waals surface area (Å²) in [5.74, 6) is 1.32. The zero-order chi connectivity index (χ0) is 23.4. The molecule has 3 aromatic rings. The molecular weight excluding hydrogens is 430 g/mol. The topological polar surface area (TPSA) is 76.8 Å². The van der Waals surface area contributed by atoms with Crippen LogP contribution < -0.4 is 9.47 Å². The van der Waals surface area contributed by atoms with Gasteiger partial charge in [0, 0.05) is 25.2 Å². The van der Waals surface area contributed by atoms with Gasteiger partial charge in [-0.25, -0.2) is 0 Å². The van der Waals surface area contributed by atoms with Crippen molar-refractivity contribution < 1.29 is 19.4 Å². The zero-order valence-electron chi connectivity index (χ0n) is 18.9. The van der Waals surface area contributed by atoms with E-state index in [0.29, 0.717) is 23.7 Å². The number of carbonyl (C=O) groups excluding carboxylic acids is 1. The molecule has 32 heavy (non-hydrogen) atoms. The molecule has 1 heterocycles. The number of aromatic nitrogens is 2. The monoisotopic (exact) mass is 457 g/mol. The number of aryl methyl sites for hydroxylation is 1. The van der Waals surface area contributed by atoms with Gasteiger partial charge in [0.15, 0.2) is 0 Å². The normalized spacial score (nSPS) is 11.0. The van der Waals surface area contributed by atoms with Crippen LogP contribution in [-0.2, 0) is 20.1 Å². The van der Waals surface area contributed by atoms with Crippen molar-refractivity contribution >= 4 is 17.5 Å². The minimum Gasteiger partial charge on any atom is -0.506 e. The van der Waals surface area contributed by atoms with Gasteiger partial charge >= 0.3 is 0 Å². The Morgan fingerprint density at radius 1 is 1.12 bits per heavy atom. The first-order valence-corrected chi connectivity index (χ1v) is 10.6. The maximum absolute atomic E-state index is 13.6. The first-order valence-electron chi connectivity index (χ1n) is 10.2. The van der Waals surface area contributed by atoms with Gasteiger partial charge in [0.2, 0.25) is 0 Å². The number of aromatic hydroxyl groups is 1. The van der Waals surface area contributed by atoms with Crippen LogP contribution in [0, 0.1) is 0 Å². The van der Waals surface area contributed by atoms with Crippen molar-refractivity contribution in [3.63, 3.8) is 0 Å².